The molecule has 0 bridgehead atoms. The average molecular weight is 359 g/mol. The molecule has 0 radical (unpaired) electrons. The van der Waals surface area contributed by atoms with Crippen LogP contribution in [0.15, 0.2) is 60.7 Å². The molecule has 0 spiro atoms. The summed E-state index contributed by atoms with van der Waals surface area (Å²) in [6.45, 7) is 1.41. The zero-order valence-electron chi connectivity index (χ0n) is 14.7. The molecule has 3 aromatic carbocycles. The Balaban J connectivity index is 1.56. The van der Waals surface area contributed by atoms with Crippen LogP contribution in [-0.2, 0) is 4.74 Å². The minimum Gasteiger partial charge on any atom is -0.507 e. The number of Topliss-reactive ketones (excluding diaryl/α,β-unsaturated/α-hetero) is 1. The summed E-state index contributed by atoms with van der Waals surface area (Å²) >= 11 is 0. The number of ether oxygens (including phenoxy) is 1. The van der Waals surface area contributed by atoms with Crippen LogP contribution in [0.25, 0.3) is 21.7 Å². The van der Waals surface area contributed by atoms with Gasteiger partial charge in [-0.3, -0.25) is 4.79 Å². The number of nitrogens with one attached hydrogen (secondary N) is 1. The highest BCUT2D eigenvalue weighted by Gasteiger charge is 2.19. The van der Waals surface area contributed by atoms with Crippen LogP contribution in [0.4, 0.5) is 0 Å². The number of aromatic hydroxyl groups is 1. The van der Waals surface area contributed by atoms with E-state index >= 15 is 0 Å². The normalized spacial score (nSPS) is 11.0. The van der Waals surface area contributed by atoms with Gasteiger partial charge in [-0.25, -0.2) is 4.79 Å². The van der Waals surface area contributed by atoms with Gasteiger partial charge in [0, 0.05) is 22.2 Å². The number of phenols is 1. The Kier molecular flexibility index (Phi) is 4.12. The first kappa shape index (κ1) is 16.8. The lowest BCUT2D eigenvalue weighted by atomic mass is 10.1. The van der Waals surface area contributed by atoms with Crippen molar-refractivity contribution in [2.24, 2.45) is 0 Å². The molecule has 0 aliphatic carbocycles. The number of hydrogen-bond donors (Lipinski definition) is 2. The van der Waals surface area contributed by atoms with E-state index in [-0.39, 0.29) is 17.1 Å². The SMILES string of the molecule is Cc1[nH]c2ccccc2c1C(=O)COC(=O)c1cc2ccccc2cc1O. The predicted octanol–water partition coefficient (Wildman–Crippen LogP) is 4.37. The molecular formula is C22H17NO4. The highest BCUT2D eigenvalue weighted by atomic mass is 16.5. The van der Waals surface area contributed by atoms with E-state index < -0.39 is 12.6 Å². The van der Waals surface area contributed by atoms with Gasteiger partial charge in [0.25, 0.3) is 0 Å². The molecule has 0 fully saturated rings. The number of hydrogen-bond acceptors (Lipinski definition) is 4. The highest BCUT2D eigenvalue weighted by molar-refractivity contribution is 6.10. The zero-order valence-corrected chi connectivity index (χ0v) is 14.7. The summed E-state index contributed by atoms with van der Waals surface area (Å²) in [5.74, 6) is -1.20. The molecule has 2 N–H and O–H groups in total. The number of carbonyl (C=O) groups is 2. The van der Waals surface area contributed by atoms with Gasteiger partial charge in [-0.05, 0) is 35.9 Å². The molecule has 134 valence electrons. The number of ketones is 1. The Hall–Kier alpha value is -3.60. The summed E-state index contributed by atoms with van der Waals surface area (Å²) in [5, 5.41) is 12.5. The quantitative estimate of drug-likeness (QED) is 0.419. The maximum Gasteiger partial charge on any atom is 0.342 e. The minimum atomic E-state index is -0.732. The molecular weight excluding hydrogens is 342 g/mol. The number of esters is 1. The van der Waals surface area contributed by atoms with Gasteiger partial charge in [-0.15, -0.1) is 0 Å². The average Bonchev–Trinajstić information content (AvgIpc) is 3.01. The summed E-state index contributed by atoms with van der Waals surface area (Å²) < 4.78 is 5.18. The summed E-state index contributed by atoms with van der Waals surface area (Å²) in [6.07, 6.45) is 0. The molecule has 0 atom stereocenters. The van der Waals surface area contributed by atoms with Crippen molar-refractivity contribution >= 4 is 33.4 Å². The molecule has 1 heterocycles. The molecule has 5 nitrogen and oxygen atoms in total. The first-order valence-corrected chi connectivity index (χ1v) is 8.54. The van der Waals surface area contributed by atoms with Crippen LogP contribution in [0.5, 0.6) is 5.75 Å². The first-order valence-electron chi connectivity index (χ1n) is 8.54. The van der Waals surface area contributed by atoms with Gasteiger partial charge in [0.2, 0.25) is 5.78 Å². The van der Waals surface area contributed by atoms with E-state index in [1.165, 1.54) is 6.07 Å². The molecule has 1 aromatic heterocycles. The molecule has 27 heavy (non-hydrogen) atoms. The van der Waals surface area contributed by atoms with Crippen LogP contribution >= 0.6 is 0 Å². The van der Waals surface area contributed by atoms with Crippen molar-refractivity contribution < 1.29 is 19.4 Å². The second-order valence-corrected chi connectivity index (χ2v) is 6.39. The fraction of sp³-hybridized carbons (Fsp3) is 0.0909. The number of phenolic OH excluding ortho intramolecular Hbond substituents is 1. The maximum atomic E-state index is 12.6. The van der Waals surface area contributed by atoms with Crippen LogP contribution in [0.2, 0.25) is 0 Å². The van der Waals surface area contributed by atoms with E-state index in [9.17, 15) is 14.7 Å². The van der Waals surface area contributed by atoms with E-state index in [0.717, 1.165) is 27.4 Å². The monoisotopic (exact) mass is 359 g/mol. The standard InChI is InChI=1S/C22H17NO4/c1-13-21(16-8-4-5-9-18(16)23-13)20(25)12-27-22(26)17-10-14-6-2-3-7-15(14)11-19(17)24/h2-11,23-24H,12H2,1H3. The van der Waals surface area contributed by atoms with Crippen LogP contribution in [-0.4, -0.2) is 28.4 Å². The first-order chi connectivity index (χ1) is 13.0. The van der Waals surface area contributed by atoms with Crippen LogP contribution in [0.1, 0.15) is 26.4 Å². The van der Waals surface area contributed by atoms with Gasteiger partial charge in [0.15, 0.2) is 6.61 Å². The molecule has 0 saturated carbocycles. The van der Waals surface area contributed by atoms with Crippen LogP contribution in [0, 0.1) is 6.92 Å². The highest BCUT2D eigenvalue weighted by Crippen LogP contribution is 2.26. The van der Waals surface area contributed by atoms with Crippen LogP contribution < -0.4 is 0 Å². The van der Waals surface area contributed by atoms with Crippen molar-refractivity contribution in [3.8, 4) is 5.75 Å². The maximum absolute atomic E-state index is 12.6. The van der Waals surface area contributed by atoms with E-state index in [4.69, 9.17) is 4.74 Å². The van der Waals surface area contributed by atoms with E-state index in [1.54, 1.807) is 6.07 Å². The Bertz CT molecular complexity index is 1190. The summed E-state index contributed by atoms with van der Waals surface area (Å²) in [7, 11) is 0. The van der Waals surface area contributed by atoms with Crippen molar-refractivity contribution in [1.82, 2.24) is 4.98 Å². The van der Waals surface area contributed by atoms with Gasteiger partial charge in [0.05, 0.1) is 0 Å². The third-order valence-corrected chi connectivity index (χ3v) is 4.59. The third-order valence-electron chi connectivity index (χ3n) is 4.59. The lowest BCUT2D eigenvalue weighted by molar-refractivity contribution is 0.0472. The minimum absolute atomic E-state index is 0.0390. The topological polar surface area (TPSA) is 79.4 Å². The van der Waals surface area contributed by atoms with Gasteiger partial charge >= 0.3 is 5.97 Å². The van der Waals surface area contributed by atoms with Crippen molar-refractivity contribution in [2.45, 2.75) is 6.92 Å². The molecule has 0 aliphatic rings. The van der Waals surface area contributed by atoms with Crippen molar-refractivity contribution in [1.29, 1.82) is 0 Å². The van der Waals surface area contributed by atoms with Crippen molar-refractivity contribution in [3.05, 3.63) is 77.5 Å². The predicted molar refractivity (Wildman–Crippen MR) is 103 cm³/mol. The second-order valence-electron chi connectivity index (χ2n) is 6.39. The van der Waals surface area contributed by atoms with Crippen molar-refractivity contribution in [2.75, 3.05) is 6.61 Å². The molecule has 0 saturated heterocycles. The van der Waals surface area contributed by atoms with Gasteiger partial charge in [0.1, 0.15) is 11.3 Å². The number of carbonyl (C=O) groups excluding carboxylic acids is 2. The number of aromatic amines is 1. The number of benzene rings is 3. The zero-order chi connectivity index (χ0) is 19.0. The number of aryl methyl sites for hydroxylation is 1. The van der Waals surface area contributed by atoms with E-state index in [2.05, 4.69) is 4.98 Å². The largest absolute Gasteiger partial charge is 0.507 e. The molecule has 4 aromatic rings. The number of aromatic nitrogens is 1. The van der Waals surface area contributed by atoms with E-state index in [0.29, 0.717) is 5.56 Å². The smallest absolute Gasteiger partial charge is 0.342 e. The van der Waals surface area contributed by atoms with E-state index in [1.807, 2.05) is 55.5 Å². The Morgan fingerprint density at radius 1 is 1.00 bits per heavy atom. The number of H-pyrrole nitrogens is 1. The van der Waals surface area contributed by atoms with Gasteiger partial charge in [-0.2, -0.15) is 0 Å². The molecule has 5 heteroatoms. The number of rotatable bonds is 4. The third kappa shape index (κ3) is 3.04. The fourth-order valence-corrected chi connectivity index (χ4v) is 3.31. The summed E-state index contributed by atoms with van der Waals surface area (Å²) in [6, 6.07) is 17.9. The van der Waals surface area contributed by atoms with Crippen LogP contribution in [0.3, 0.4) is 0 Å². The number of para-hydroxylation sites is 1. The number of fused-ring (bicyclic) bond motifs is 2. The lowest BCUT2D eigenvalue weighted by Crippen LogP contribution is -2.15. The summed E-state index contributed by atoms with van der Waals surface area (Å²) in [5.41, 5.74) is 2.14. The molecule has 0 unspecified atom stereocenters. The summed E-state index contributed by atoms with van der Waals surface area (Å²) in [4.78, 5) is 28.2. The Labute approximate surface area is 155 Å². The van der Waals surface area contributed by atoms with Crippen molar-refractivity contribution in [3.63, 3.8) is 0 Å². The molecule has 0 aliphatic heterocycles. The Morgan fingerprint density at radius 2 is 1.67 bits per heavy atom. The Morgan fingerprint density at radius 3 is 2.44 bits per heavy atom. The second kappa shape index (κ2) is 6.61. The lowest BCUT2D eigenvalue weighted by Gasteiger charge is -2.08. The molecule has 4 rings (SSSR count). The fourth-order valence-electron chi connectivity index (χ4n) is 3.31. The molecule has 0 amide bonds. The van der Waals surface area contributed by atoms with Gasteiger partial charge < -0.3 is 14.8 Å². The van der Waals surface area contributed by atoms with Gasteiger partial charge in [-0.1, -0.05) is 42.5 Å².